The fourth-order valence-corrected chi connectivity index (χ4v) is 3.22. The Morgan fingerprint density at radius 3 is 2.37 bits per heavy atom. The lowest BCUT2D eigenvalue weighted by molar-refractivity contribution is -0.122. The summed E-state index contributed by atoms with van der Waals surface area (Å²) in [5, 5.41) is 2.24. The zero-order valence-electron chi connectivity index (χ0n) is 17.6. The van der Waals surface area contributed by atoms with E-state index in [1.807, 2.05) is 26.8 Å². The molecule has 30 heavy (non-hydrogen) atoms. The maximum atomic E-state index is 13.1. The highest BCUT2D eigenvalue weighted by atomic mass is 16.5. The SMILES string of the molecule is COc1cc(/C=C2\C(=O)NC(=O)N(c3ccc(C)cc3C)C2=O)ccc1OC(C)C. The Morgan fingerprint density at radius 1 is 1.00 bits per heavy atom. The van der Waals surface area contributed by atoms with E-state index < -0.39 is 17.8 Å². The summed E-state index contributed by atoms with van der Waals surface area (Å²) in [6, 6.07) is 9.69. The number of anilines is 1. The van der Waals surface area contributed by atoms with Gasteiger partial charge in [-0.2, -0.15) is 0 Å². The minimum absolute atomic E-state index is 0.0360. The molecular formula is C23H24N2O5. The Labute approximate surface area is 175 Å². The van der Waals surface area contributed by atoms with Gasteiger partial charge in [-0.1, -0.05) is 23.8 Å². The van der Waals surface area contributed by atoms with Gasteiger partial charge in [-0.15, -0.1) is 0 Å². The van der Waals surface area contributed by atoms with Crippen molar-refractivity contribution >= 4 is 29.6 Å². The van der Waals surface area contributed by atoms with E-state index in [4.69, 9.17) is 9.47 Å². The molecule has 156 valence electrons. The number of hydrogen-bond acceptors (Lipinski definition) is 5. The van der Waals surface area contributed by atoms with Crippen LogP contribution in [-0.2, 0) is 9.59 Å². The third kappa shape index (κ3) is 4.20. The lowest BCUT2D eigenvalue weighted by atomic mass is 10.0. The van der Waals surface area contributed by atoms with Crippen LogP contribution in [0.5, 0.6) is 11.5 Å². The third-order valence-electron chi connectivity index (χ3n) is 4.56. The summed E-state index contributed by atoms with van der Waals surface area (Å²) in [5.41, 5.74) is 2.61. The summed E-state index contributed by atoms with van der Waals surface area (Å²) in [7, 11) is 1.51. The van der Waals surface area contributed by atoms with Crippen LogP contribution in [0.15, 0.2) is 42.0 Å². The van der Waals surface area contributed by atoms with Crippen LogP contribution >= 0.6 is 0 Å². The number of barbiturate groups is 1. The van der Waals surface area contributed by atoms with Gasteiger partial charge in [0, 0.05) is 0 Å². The number of benzene rings is 2. The number of aryl methyl sites for hydroxylation is 2. The Hall–Kier alpha value is -3.61. The average Bonchev–Trinajstić information content (AvgIpc) is 2.67. The summed E-state index contributed by atoms with van der Waals surface area (Å²) in [6.45, 7) is 7.53. The highest BCUT2D eigenvalue weighted by Crippen LogP contribution is 2.31. The first-order valence-electron chi connectivity index (χ1n) is 9.54. The van der Waals surface area contributed by atoms with Crippen LogP contribution in [0, 0.1) is 13.8 Å². The molecule has 2 aromatic rings. The first kappa shape index (κ1) is 21.1. The molecule has 2 aromatic carbocycles. The minimum Gasteiger partial charge on any atom is -0.493 e. The summed E-state index contributed by atoms with van der Waals surface area (Å²) in [6.07, 6.45) is 1.40. The van der Waals surface area contributed by atoms with E-state index in [0.717, 1.165) is 16.0 Å². The zero-order valence-corrected chi connectivity index (χ0v) is 17.6. The number of nitrogens with zero attached hydrogens (tertiary/aromatic N) is 1. The first-order chi connectivity index (χ1) is 14.2. The third-order valence-corrected chi connectivity index (χ3v) is 4.56. The van der Waals surface area contributed by atoms with E-state index >= 15 is 0 Å². The van der Waals surface area contributed by atoms with Gasteiger partial charge in [0.2, 0.25) is 0 Å². The molecule has 0 atom stereocenters. The Balaban J connectivity index is 2.00. The van der Waals surface area contributed by atoms with Crippen molar-refractivity contribution in [1.29, 1.82) is 0 Å². The highest BCUT2D eigenvalue weighted by Gasteiger charge is 2.37. The number of hydrogen-bond donors (Lipinski definition) is 1. The van der Waals surface area contributed by atoms with Gasteiger partial charge >= 0.3 is 6.03 Å². The molecule has 0 bridgehead atoms. The van der Waals surface area contributed by atoms with Crippen LogP contribution < -0.4 is 19.7 Å². The second-order valence-corrected chi connectivity index (χ2v) is 7.32. The van der Waals surface area contributed by atoms with Crippen LogP contribution in [0.3, 0.4) is 0 Å². The number of carbonyl (C=O) groups is 3. The van der Waals surface area contributed by atoms with Crippen LogP contribution in [0.2, 0.25) is 0 Å². The fraction of sp³-hybridized carbons (Fsp3) is 0.261. The second kappa shape index (κ2) is 8.41. The monoisotopic (exact) mass is 408 g/mol. The largest absolute Gasteiger partial charge is 0.493 e. The summed E-state index contributed by atoms with van der Waals surface area (Å²) < 4.78 is 11.1. The number of carbonyl (C=O) groups excluding carboxylic acids is 3. The molecule has 7 nitrogen and oxygen atoms in total. The van der Waals surface area contributed by atoms with Gasteiger partial charge in [-0.25, -0.2) is 9.69 Å². The van der Waals surface area contributed by atoms with Gasteiger partial charge in [0.25, 0.3) is 11.8 Å². The van der Waals surface area contributed by atoms with E-state index in [9.17, 15) is 14.4 Å². The van der Waals surface area contributed by atoms with Gasteiger partial charge in [0.05, 0.1) is 18.9 Å². The van der Waals surface area contributed by atoms with Gasteiger partial charge in [0.15, 0.2) is 11.5 Å². The Morgan fingerprint density at radius 2 is 1.73 bits per heavy atom. The molecule has 1 heterocycles. The van der Waals surface area contributed by atoms with E-state index in [2.05, 4.69) is 5.32 Å². The van der Waals surface area contributed by atoms with Gasteiger partial charge in [0.1, 0.15) is 5.57 Å². The molecule has 0 radical (unpaired) electrons. The second-order valence-electron chi connectivity index (χ2n) is 7.32. The lowest BCUT2D eigenvalue weighted by Gasteiger charge is -2.27. The Kier molecular flexibility index (Phi) is 5.91. The zero-order chi connectivity index (χ0) is 22.0. The molecule has 0 aromatic heterocycles. The van der Waals surface area contributed by atoms with Gasteiger partial charge in [-0.3, -0.25) is 14.9 Å². The van der Waals surface area contributed by atoms with Gasteiger partial charge in [-0.05, 0) is 63.1 Å². The molecule has 4 amide bonds. The lowest BCUT2D eigenvalue weighted by Crippen LogP contribution is -2.54. The molecule has 0 aliphatic carbocycles. The molecule has 1 aliphatic heterocycles. The maximum absolute atomic E-state index is 13.1. The molecule has 0 spiro atoms. The van der Waals surface area contributed by atoms with Crippen molar-refractivity contribution in [2.24, 2.45) is 0 Å². The van der Waals surface area contributed by atoms with Crippen molar-refractivity contribution in [3.63, 3.8) is 0 Å². The van der Waals surface area contributed by atoms with E-state index in [-0.39, 0.29) is 11.7 Å². The maximum Gasteiger partial charge on any atom is 0.335 e. The molecule has 1 saturated heterocycles. The van der Waals surface area contributed by atoms with Crippen LogP contribution in [0.1, 0.15) is 30.5 Å². The molecule has 7 heteroatoms. The molecule has 1 aliphatic rings. The minimum atomic E-state index is -0.771. The van der Waals surface area contributed by atoms with Crippen molar-refractivity contribution in [2.45, 2.75) is 33.8 Å². The predicted octanol–water partition coefficient (Wildman–Crippen LogP) is 3.77. The van der Waals surface area contributed by atoms with E-state index in [1.54, 1.807) is 37.3 Å². The number of amides is 4. The van der Waals surface area contributed by atoms with Gasteiger partial charge < -0.3 is 9.47 Å². The van der Waals surface area contributed by atoms with E-state index in [1.165, 1.54) is 13.2 Å². The van der Waals surface area contributed by atoms with Crippen molar-refractivity contribution in [3.8, 4) is 11.5 Å². The number of imide groups is 2. The Bertz CT molecular complexity index is 1060. The van der Waals surface area contributed by atoms with Crippen LogP contribution in [0.4, 0.5) is 10.5 Å². The van der Waals surface area contributed by atoms with E-state index in [0.29, 0.717) is 22.7 Å². The molecule has 3 rings (SSSR count). The molecule has 0 unspecified atom stereocenters. The quantitative estimate of drug-likeness (QED) is 0.601. The number of methoxy groups -OCH3 is 1. The molecular weight excluding hydrogens is 384 g/mol. The standard InChI is InChI=1S/C23H24N2O5/c1-13(2)30-19-9-7-16(12-20(19)29-5)11-17-21(26)24-23(28)25(22(17)27)18-8-6-14(3)10-15(18)4/h6-13H,1-5H3,(H,24,26,28)/b17-11+. The van der Waals surface area contributed by atoms with Crippen molar-refractivity contribution in [2.75, 3.05) is 12.0 Å². The predicted molar refractivity (Wildman–Crippen MR) is 114 cm³/mol. The summed E-state index contributed by atoms with van der Waals surface area (Å²) in [4.78, 5) is 38.9. The number of rotatable bonds is 5. The molecule has 0 saturated carbocycles. The molecule has 1 N–H and O–H groups in total. The number of urea groups is 1. The summed E-state index contributed by atoms with van der Waals surface area (Å²) in [5.74, 6) is -0.394. The number of nitrogens with one attached hydrogen (secondary N) is 1. The molecule has 1 fully saturated rings. The smallest absolute Gasteiger partial charge is 0.335 e. The van der Waals surface area contributed by atoms with Crippen LogP contribution in [0.25, 0.3) is 6.08 Å². The normalized spacial score (nSPS) is 15.6. The van der Waals surface area contributed by atoms with Crippen molar-refractivity contribution in [3.05, 3.63) is 58.7 Å². The topological polar surface area (TPSA) is 84.9 Å². The summed E-state index contributed by atoms with van der Waals surface area (Å²) >= 11 is 0. The fourth-order valence-electron chi connectivity index (χ4n) is 3.22. The average molecular weight is 408 g/mol. The number of ether oxygens (including phenoxy) is 2. The first-order valence-corrected chi connectivity index (χ1v) is 9.54. The highest BCUT2D eigenvalue weighted by molar-refractivity contribution is 6.39. The van der Waals surface area contributed by atoms with Crippen molar-refractivity contribution in [1.82, 2.24) is 5.32 Å². The van der Waals surface area contributed by atoms with Crippen molar-refractivity contribution < 1.29 is 23.9 Å². The van der Waals surface area contributed by atoms with Crippen LogP contribution in [-0.4, -0.2) is 31.1 Å².